The van der Waals surface area contributed by atoms with Gasteiger partial charge in [-0.2, -0.15) is 0 Å². The Bertz CT molecular complexity index is 202. The van der Waals surface area contributed by atoms with E-state index in [0.717, 1.165) is 30.8 Å². The average molecular weight is 199 g/mol. The summed E-state index contributed by atoms with van der Waals surface area (Å²) in [5.41, 5.74) is 0. The Labute approximate surface area is 83.4 Å². The summed E-state index contributed by atoms with van der Waals surface area (Å²) in [7, 11) is 0. The van der Waals surface area contributed by atoms with Crippen LogP contribution in [0.25, 0.3) is 0 Å². The summed E-state index contributed by atoms with van der Waals surface area (Å²) in [6.45, 7) is 3.63. The van der Waals surface area contributed by atoms with Crippen LogP contribution in [-0.2, 0) is 9.53 Å². The maximum atomic E-state index is 11.3. The molecule has 1 radical (unpaired) electrons. The summed E-state index contributed by atoms with van der Waals surface area (Å²) in [4.78, 5) is 22.9. The molecule has 0 spiro atoms. The van der Waals surface area contributed by atoms with Crippen LogP contribution < -0.4 is 5.32 Å². The number of hydrogen-bond acceptors (Lipinski definition) is 4. The van der Waals surface area contributed by atoms with Crippen LogP contribution in [0.4, 0.5) is 4.79 Å². The first-order valence-corrected chi connectivity index (χ1v) is 4.84. The van der Waals surface area contributed by atoms with E-state index in [1.54, 1.807) is 13.3 Å². The Morgan fingerprint density at radius 3 is 2.71 bits per heavy atom. The van der Waals surface area contributed by atoms with E-state index in [4.69, 9.17) is 4.74 Å². The Morgan fingerprint density at radius 2 is 2.21 bits per heavy atom. The molecule has 0 saturated carbocycles. The van der Waals surface area contributed by atoms with Crippen molar-refractivity contribution in [1.29, 1.82) is 0 Å². The van der Waals surface area contributed by atoms with Crippen LogP contribution in [0.15, 0.2) is 0 Å². The van der Waals surface area contributed by atoms with Crippen LogP contribution >= 0.6 is 0 Å². The highest BCUT2D eigenvalue weighted by Crippen LogP contribution is 2.11. The predicted octanol–water partition coefficient (Wildman–Crippen LogP) is 0.264. The van der Waals surface area contributed by atoms with Crippen LogP contribution in [-0.4, -0.2) is 43.1 Å². The molecule has 5 nitrogen and oxygen atoms in total. The molecule has 0 unspecified atom stereocenters. The molecule has 1 fully saturated rings. The molecule has 5 heteroatoms. The number of piperidine rings is 1. The number of ether oxygens (including phenoxy) is 1. The van der Waals surface area contributed by atoms with Crippen molar-refractivity contribution in [3.05, 3.63) is 0 Å². The summed E-state index contributed by atoms with van der Waals surface area (Å²) in [5.74, 6) is 0. The second kappa shape index (κ2) is 5.59. The van der Waals surface area contributed by atoms with E-state index in [1.165, 1.54) is 0 Å². The Morgan fingerprint density at radius 1 is 1.57 bits per heavy atom. The minimum atomic E-state index is -0.589. The molecule has 0 aromatic heterocycles. The maximum absolute atomic E-state index is 11.3. The van der Waals surface area contributed by atoms with Crippen molar-refractivity contribution in [3.8, 4) is 0 Å². The first-order chi connectivity index (χ1) is 6.79. The monoisotopic (exact) mass is 199 g/mol. The van der Waals surface area contributed by atoms with Crippen molar-refractivity contribution >= 4 is 12.5 Å². The van der Waals surface area contributed by atoms with E-state index in [2.05, 4.69) is 5.32 Å². The normalized spacial score (nSPS) is 17.5. The maximum Gasteiger partial charge on any atom is 0.417 e. The zero-order valence-electron chi connectivity index (χ0n) is 8.28. The minimum absolute atomic E-state index is 0.0622. The molecular formula is C9H15N2O3. The number of amides is 2. The van der Waals surface area contributed by atoms with Crippen LogP contribution in [0.3, 0.4) is 0 Å². The fraction of sp³-hybridized carbons (Fsp3) is 0.778. The summed E-state index contributed by atoms with van der Waals surface area (Å²) in [5, 5.41) is 3.16. The van der Waals surface area contributed by atoms with Gasteiger partial charge in [0.15, 0.2) is 0 Å². The fourth-order valence-corrected chi connectivity index (χ4v) is 1.52. The molecule has 1 aliphatic heterocycles. The SMILES string of the molecule is CCOC(=O)N([C]=O)C1CCNCC1. The average Bonchev–Trinajstić information content (AvgIpc) is 2.21. The van der Waals surface area contributed by atoms with Gasteiger partial charge in [0.25, 0.3) is 0 Å². The molecule has 1 N–H and O–H groups in total. The van der Waals surface area contributed by atoms with Crippen molar-refractivity contribution in [2.75, 3.05) is 19.7 Å². The van der Waals surface area contributed by atoms with Crippen LogP contribution in [0.1, 0.15) is 19.8 Å². The first-order valence-electron chi connectivity index (χ1n) is 4.84. The number of rotatable bonds is 3. The van der Waals surface area contributed by atoms with Gasteiger partial charge in [-0.3, -0.25) is 4.79 Å². The number of carbonyl (C=O) groups is 1. The number of imide groups is 1. The summed E-state index contributed by atoms with van der Waals surface area (Å²) >= 11 is 0. The predicted molar refractivity (Wildman–Crippen MR) is 50.4 cm³/mol. The largest absolute Gasteiger partial charge is 0.449 e. The fourth-order valence-electron chi connectivity index (χ4n) is 1.52. The zero-order chi connectivity index (χ0) is 10.4. The van der Waals surface area contributed by atoms with Crippen LogP contribution in [0.5, 0.6) is 0 Å². The molecule has 2 amide bonds. The smallest absolute Gasteiger partial charge is 0.417 e. The van der Waals surface area contributed by atoms with Crippen molar-refractivity contribution in [2.24, 2.45) is 0 Å². The lowest BCUT2D eigenvalue weighted by Gasteiger charge is -2.28. The molecule has 0 aromatic rings. The highest BCUT2D eigenvalue weighted by molar-refractivity contribution is 5.81. The Balaban J connectivity index is 2.50. The van der Waals surface area contributed by atoms with Gasteiger partial charge in [-0.15, -0.1) is 0 Å². The summed E-state index contributed by atoms with van der Waals surface area (Å²) in [6, 6.07) is -0.0622. The van der Waals surface area contributed by atoms with E-state index in [0.29, 0.717) is 0 Å². The van der Waals surface area contributed by atoms with Gasteiger partial charge in [-0.05, 0) is 32.9 Å². The second-order valence-corrected chi connectivity index (χ2v) is 3.14. The quantitative estimate of drug-likeness (QED) is 0.662. The highest BCUT2D eigenvalue weighted by atomic mass is 16.6. The third-order valence-corrected chi connectivity index (χ3v) is 2.24. The van der Waals surface area contributed by atoms with Crippen molar-refractivity contribution in [1.82, 2.24) is 10.2 Å². The van der Waals surface area contributed by atoms with Gasteiger partial charge in [0.05, 0.1) is 6.61 Å². The number of hydrogen-bond donors (Lipinski definition) is 1. The van der Waals surface area contributed by atoms with Crippen molar-refractivity contribution in [3.63, 3.8) is 0 Å². The Kier molecular flexibility index (Phi) is 4.39. The van der Waals surface area contributed by atoms with E-state index in [9.17, 15) is 9.59 Å². The molecule has 1 saturated heterocycles. The second-order valence-electron chi connectivity index (χ2n) is 3.14. The Hall–Kier alpha value is -1.10. The molecule has 0 aliphatic carbocycles. The van der Waals surface area contributed by atoms with Gasteiger partial charge in [-0.1, -0.05) is 0 Å². The third kappa shape index (κ3) is 2.70. The summed E-state index contributed by atoms with van der Waals surface area (Å²) in [6.07, 6.45) is 2.59. The molecule has 14 heavy (non-hydrogen) atoms. The minimum Gasteiger partial charge on any atom is -0.449 e. The van der Waals surface area contributed by atoms with E-state index < -0.39 is 6.09 Å². The first kappa shape index (κ1) is 11.0. The number of nitrogens with zero attached hydrogens (tertiary/aromatic N) is 1. The van der Waals surface area contributed by atoms with E-state index >= 15 is 0 Å². The van der Waals surface area contributed by atoms with Gasteiger partial charge in [0, 0.05) is 6.04 Å². The molecule has 0 bridgehead atoms. The highest BCUT2D eigenvalue weighted by Gasteiger charge is 2.26. The van der Waals surface area contributed by atoms with Crippen molar-refractivity contribution in [2.45, 2.75) is 25.8 Å². The molecular weight excluding hydrogens is 184 g/mol. The molecule has 0 atom stereocenters. The lowest BCUT2D eigenvalue weighted by atomic mass is 10.1. The molecule has 79 valence electrons. The molecule has 1 aliphatic rings. The van der Waals surface area contributed by atoms with E-state index in [1.807, 2.05) is 0 Å². The molecule has 1 heterocycles. The summed E-state index contributed by atoms with van der Waals surface area (Å²) < 4.78 is 4.75. The van der Waals surface area contributed by atoms with Gasteiger partial charge < -0.3 is 10.1 Å². The van der Waals surface area contributed by atoms with Gasteiger partial charge in [-0.25, -0.2) is 9.69 Å². The van der Waals surface area contributed by atoms with Crippen LogP contribution in [0, 0.1) is 0 Å². The standard InChI is InChI=1S/C9H15N2O3/c1-2-14-9(13)11(7-12)8-3-5-10-6-4-8/h8,10H,2-6H2,1H3. The van der Waals surface area contributed by atoms with Crippen molar-refractivity contribution < 1.29 is 14.3 Å². The third-order valence-electron chi connectivity index (χ3n) is 2.24. The van der Waals surface area contributed by atoms with Gasteiger partial charge >= 0.3 is 12.5 Å². The van der Waals surface area contributed by atoms with Crippen LogP contribution in [0.2, 0.25) is 0 Å². The lowest BCUT2D eigenvalue weighted by Crippen LogP contribution is -2.45. The van der Waals surface area contributed by atoms with E-state index in [-0.39, 0.29) is 12.6 Å². The molecule has 0 aromatic carbocycles. The van der Waals surface area contributed by atoms with Gasteiger partial charge in [0.2, 0.25) is 0 Å². The zero-order valence-corrected chi connectivity index (χ0v) is 8.28. The topological polar surface area (TPSA) is 58.6 Å². The van der Waals surface area contributed by atoms with Gasteiger partial charge in [0.1, 0.15) is 0 Å². The number of carbonyl (C=O) groups excluding carboxylic acids is 2. The number of nitrogens with one attached hydrogen (secondary N) is 1. The molecule has 1 rings (SSSR count). The lowest BCUT2D eigenvalue weighted by molar-refractivity contribution is 0.110.